The monoisotopic (exact) mass is 274 g/mol. The van der Waals surface area contributed by atoms with Gasteiger partial charge in [0.25, 0.3) is 0 Å². The number of ether oxygens (including phenoxy) is 1. The van der Waals surface area contributed by atoms with Crippen LogP contribution in [0.1, 0.15) is 27.1 Å². The second-order valence-electron chi connectivity index (χ2n) is 4.76. The fraction of sp³-hybridized carbons (Fsp3) is 0.267. The lowest BCUT2D eigenvalue weighted by atomic mass is 9.80. The second-order valence-corrected chi connectivity index (χ2v) is 4.76. The summed E-state index contributed by atoms with van der Waals surface area (Å²) in [6, 6.07) is 6.55. The minimum atomic E-state index is -1.13. The van der Waals surface area contributed by atoms with Crippen LogP contribution in [0.25, 0.3) is 0 Å². The normalized spacial score (nSPS) is 21.6. The first-order chi connectivity index (χ1) is 9.63. The van der Waals surface area contributed by atoms with Gasteiger partial charge in [0.15, 0.2) is 24.0 Å². The summed E-state index contributed by atoms with van der Waals surface area (Å²) in [5, 5.41) is 0. The van der Waals surface area contributed by atoms with Gasteiger partial charge in [-0.2, -0.15) is 0 Å². The molecule has 1 unspecified atom stereocenters. The molecule has 5 heteroatoms. The number of benzene rings is 1. The van der Waals surface area contributed by atoms with E-state index >= 15 is 0 Å². The number of hydrogen-bond acceptors (Lipinski definition) is 4. The molecule has 1 atom stereocenters. The minimum Gasteiger partial charge on any atom is -0.365 e. The first-order valence-electron chi connectivity index (χ1n) is 6.24. The lowest BCUT2D eigenvalue weighted by Gasteiger charge is -2.28. The van der Waals surface area contributed by atoms with E-state index in [1.165, 1.54) is 0 Å². The van der Waals surface area contributed by atoms with Gasteiger partial charge in [-0.25, -0.2) is 4.39 Å². The average Bonchev–Trinajstić information content (AvgIpc) is 2.51. The van der Waals surface area contributed by atoms with E-state index in [1.807, 2.05) is 0 Å². The molecular weight excluding hydrogens is 263 g/mol. The molecule has 0 aromatic heterocycles. The number of carbonyl (C=O) groups excluding carboxylic acids is 3. The summed E-state index contributed by atoms with van der Waals surface area (Å²) in [7, 11) is 0. The topological polar surface area (TPSA) is 60.4 Å². The van der Waals surface area contributed by atoms with E-state index in [2.05, 4.69) is 0 Å². The highest BCUT2D eigenvalue weighted by Crippen LogP contribution is 2.32. The Morgan fingerprint density at radius 1 is 1.15 bits per heavy atom. The number of Topliss-reactive ketones (excluding diaryl/α,β-unsaturated/α-hetero) is 3. The molecule has 3 rings (SSSR count). The Balaban J connectivity index is 2.02. The highest BCUT2D eigenvalue weighted by atomic mass is 19.1. The maximum Gasteiger partial charge on any atom is 0.192 e. The van der Waals surface area contributed by atoms with Crippen LogP contribution in [0.5, 0.6) is 0 Å². The van der Waals surface area contributed by atoms with Gasteiger partial charge in [0.2, 0.25) is 0 Å². The lowest BCUT2D eigenvalue weighted by Crippen LogP contribution is -2.37. The molecular formula is C15H11FO4. The molecule has 1 aromatic rings. The van der Waals surface area contributed by atoms with Crippen molar-refractivity contribution in [3.63, 3.8) is 0 Å². The van der Waals surface area contributed by atoms with Gasteiger partial charge in [0.05, 0.1) is 6.61 Å². The highest BCUT2D eigenvalue weighted by molar-refractivity contribution is 6.27. The fourth-order valence-electron chi connectivity index (χ4n) is 2.57. The van der Waals surface area contributed by atoms with E-state index < -0.39 is 18.6 Å². The largest absolute Gasteiger partial charge is 0.365 e. The third kappa shape index (κ3) is 1.82. The molecule has 1 aliphatic carbocycles. The molecule has 20 heavy (non-hydrogen) atoms. The van der Waals surface area contributed by atoms with Crippen molar-refractivity contribution in [2.45, 2.75) is 12.5 Å². The van der Waals surface area contributed by atoms with Gasteiger partial charge in [0, 0.05) is 28.7 Å². The molecule has 0 amide bonds. The maximum atomic E-state index is 12.4. The molecule has 0 spiro atoms. The molecule has 0 bridgehead atoms. The molecule has 4 nitrogen and oxygen atoms in total. The Hall–Kier alpha value is -2.14. The van der Waals surface area contributed by atoms with Gasteiger partial charge < -0.3 is 4.74 Å². The van der Waals surface area contributed by atoms with Gasteiger partial charge >= 0.3 is 0 Å². The van der Waals surface area contributed by atoms with Crippen LogP contribution in [0.15, 0.2) is 35.4 Å². The van der Waals surface area contributed by atoms with E-state index in [0.29, 0.717) is 11.1 Å². The summed E-state index contributed by atoms with van der Waals surface area (Å²) in [5.74, 6) is -1.22. The fourth-order valence-corrected chi connectivity index (χ4v) is 2.57. The zero-order valence-corrected chi connectivity index (χ0v) is 10.5. The Morgan fingerprint density at radius 3 is 2.35 bits per heavy atom. The number of hydrogen-bond donors (Lipinski definition) is 0. The van der Waals surface area contributed by atoms with E-state index in [0.717, 1.165) is 0 Å². The molecule has 0 saturated carbocycles. The Bertz CT molecular complexity index is 660. The van der Waals surface area contributed by atoms with Gasteiger partial charge in [0.1, 0.15) is 6.10 Å². The van der Waals surface area contributed by atoms with Crippen LogP contribution < -0.4 is 0 Å². The number of fused-ring (bicyclic) bond motifs is 1. The van der Waals surface area contributed by atoms with E-state index in [1.54, 1.807) is 24.3 Å². The Morgan fingerprint density at radius 2 is 1.75 bits per heavy atom. The van der Waals surface area contributed by atoms with Crippen molar-refractivity contribution in [3.8, 4) is 0 Å². The van der Waals surface area contributed by atoms with Crippen molar-refractivity contribution in [1.82, 2.24) is 0 Å². The van der Waals surface area contributed by atoms with Crippen molar-refractivity contribution >= 4 is 17.3 Å². The van der Waals surface area contributed by atoms with Crippen LogP contribution in [0, 0.1) is 0 Å². The van der Waals surface area contributed by atoms with Crippen molar-refractivity contribution in [2.75, 3.05) is 13.3 Å². The number of rotatable bonds is 2. The minimum absolute atomic E-state index is 0.0308. The molecule has 0 saturated heterocycles. The van der Waals surface area contributed by atoms with Gasteiger partial charge in [-0.15, -0.1) is 0 Å². The second kappa shape index (κ2) is 4.76. The third-order valence-corrected chi connectivity index (χ3v) is 3.64. The molecule has 0 N–H and O–H groups in total. The first kappa shape index (κ1) is 12.9. The predicted octanol–water partition coefficient (Wildman–Crippen LogP) is 1.69. The molecule has 1 aliphatic heterocycles. The Kier molecular flexibility index (Phi) is 3.06. The smallest absolute Gasteiger partial charge is 0.192 e. The zero-order valence-electron chi connectivity index (χ0n) is 10.5. The SMILES string of the molecule is O=C1C2=C(CC(C(=O)CF)OC2)C(=O)c2ccccc21. The molecule has 0 fully saturated rings. The summed E-state index contributed by atoms with van der Waals surface area (Å²) >= 11 is 0. The van der Waals surface area contributed by atoms with Crippen molar-refractivity contribution in [1.29, 1.82) is 0 Å². The predicted molar refractivity (Wildman–Crippen MR) is 67.5 cm³/mol. The molecule has 2 aliphatic rings. The summed E-state index contributed by atoms with van der Waals surface area (Å²) in [6.45, 7) is -1.25. The zero-order chi connectivity index (χ0) is 14.3. The number of alkyl halides is 1. The van der Waals surface area contributed by atoms with Crippen molar-refractivity contribution in [3.05, 3.63) is 46.5 Å². The third-order valence-electron chi connectivity index (χ3n) is 3.64. The standard InChI is InChI=1S/C15H11FO4/c16-6-12(17)13-5-10-11(7-20-13)15(19)9-4-2-1-3-8(9)14(10)18/h1-4,13H,5-7H2. The lowest BCUT2D eigenvalue weighted by molar-refractivity contribution is -0.131. The van der Waals surface area contributed by atoms with Crippen LogP contribution in [-0.4, -0.2) is 36.7 Å². The van der Waals surface area contributed by atoms with Crippen LogP contribution >= 0.6 is 0 Å². The summed E-state index contributed by atoms with van der Waals surface area (Å²) in [5.41, 5.74) is 1.27. The quantitative estimate of drug-likeness (QED) is 0.823. The number of halogens is 1. The maximum absolute atomic E-state index is 12.4. The van der Waals surface area contributed by atoms with Crippen molar-refractivity contribution < 1.29 is 23.5 Å². The molecule has 1 heterocycles. The van der Waals surface area contributed by atoms with Crippen LogP contribution in [0.4, 0.5) is 4.39 Å². The van der Waals surface area contributed by atoms with E-state index in [4.69, 9.17) is 4.74 Å². The van der Waals surface area contributed by atoms with Crippen LogP contribution in [-0.2, 0) is 9.53 Å². The molecule has 0 radical (unpaired) electrons. The van der Waals surface area contributed by atoms with Crippen LogP contribution in [0.3, 0.4) is 0 Å². The summed E-state index contributed by atoms with van der Waals surface area (Å²) in [6.07, 6.45) is -1.00. The molecule has 1 aromatic carbocycles. The van der Waals surface area contributed by atoms with Crippen LogP contribution in [0.2, 0.25) is 0 Å². The Labute approximate surface area is 114 Å². The van der Waals surface area contributed by atoms with E-state index in [9.17, 15) is 18.8 Å². The van der Waals surface area contributed by atoms with Gasteiger partial charge in [-0.1, -0.05) is 24.3 Å². The van der Waals surface area contributed by atoms with Gasteiger partial charge in [-0.05, 0) is 0 Å². The van der Waals surface area contributed by atoms with E-state index in [-0.39, 0.29) is 35.7 Å². The average molecular weight is 274 g/mol. The molecule has 102 valence electrons. The number of carbonyl (C=O) groups is 3. The number of ketones is 3. The highest BCUT2D eigenvalue weighted by Gasteiger charge is 2.37. The first-order valence-corrected chi connectivity index (χ1v) is 6.24. The summed E-state index contributed by atoms with van der Waals surface area (Å²) in [4.78, 5) is 36.0. The van der Waals surface area contributed by atoms with Gasteiger partial charge in [-0.3, -0.25) is 14.4 Å². The van der Waals surface area contributed by atoms with Crippen molar-refractivity contribution in [2.24, 2.45) is 0 Å². The summed E-state index contributed by atoms with van der Waals surface area (Å²) < 4.78 is 17.6.